The van der Waals surface area contributed by atoms with Gasteiger partial charge in [-0.1, -0.05) is 31.5 Å². The first-order chi connectivity index (χ1) is 9.63. The van der Waals surface area contributed by atoms with Crippen molar-refractivity contribution in [3.63, 3.8) is 0 Å². The zero-order valence-corrected chi connectivity index (χ0v) is 11.4. The van der Waals surface area contributed by atoms with Crippen molar-refractivity contribution in [2.75, 3.05) is 13.1 Å². The maximum absolute atomic E-state index is 12.1. The van der Waals surface area contributed by atoms with Gasteiger partial charge in [0.1, 0.15) is 12.4 Å². The zero-order chi connectivity index (χ0) is 14.5. The number of nitrogens with zero attached hydrogens (tertiary/aromatic N) is 2. The van der Waals surface area contributed by atoms with Gasteiger partial charge in [-0.3, -0.25) is 20.5 Å². The molecule has 3 amide bonds. The Labute approximate surface area is 117 Å². The van der Waals surface area contributed by atoms with E-state index in [1.807, 2.05) is 13.0 Å². The number of amidine groups is 1. The van der Waals surface area contributed by atoms with Crippen LogP contribution in [0, 0.1) is 5.41 Å². The maximum Gasteiger partial charge on any atom is 0.344 e. The Balaban J connectivity index is 1.99. The van der Waals surface area contributed by atoms with Crippen LogP contribution in [0.5, 0.6) is 0 Å². The van der Waals surface area contributed by atoms with E-state index in [0.29, 0.717) is 12.1 Å². The summed E-state index contributed by atoms with van der Waals surface area (Å²) in [4.78, 5) is 25.5. The van der Waals surface area contributed by atoms with Gasteiger partial charge < -0.3 is 0 Å². The third-order valence-corrected chi connectivity index (χ3v) is 3.10. The second-order valence-corrected chi connectivity index (χ2v) is 4.63. The van der Waals surface area contributed by atoms with Gasteiger partial charge in [-0.15, -0.1) is 0 Å². The molecule has 1 aromatic carbocycles. The quantitative estimate of drug-likeness (QED) is 0.859. The molecule has 1 aromatic rings. The highest BCUT2D eigenvalue weighted by Crippen LogP contribution is 2.10. The molecule has 0 atom stereocenters. The lowest BCUT2D eigenvalue weighted by Gasteiger charge is -2.18. The van der Waals surface area contributed by atoms with Crippen LogP contribution in [0.25, 0.3) is 0 Å². The van der Waals surface area contributed by atoms with E-state index >= 15 is 0 Å². The van der Waals surface area contributed by atoms with Crippen molar-refractivity contribution in [1.82, 2.24) is 15.3 Å². The van der Waals surface area contributed by atoms with Gasteiger partial charge in [0.15, 0.2) is 0 Å². The Bertz CT molecular complexity index is 515. The highest BCUT2D eigenvalue weighted by Gasteiger charge is 2.34. The van der Waals surface area contributed by atoms with Crippen LogP contribution >= 0.6 is 0 Å². The Morgan fingerprint density at radius 1 is 1.35 bits per heavy atom. The molecule has 2 N–H and O–H groups in total. The van der Waals surface area contributed by atoms with Crippen LogP contribution in [-0.2, 0) is 0 Å². The van der Waals surface area contributed by atoms with E-state index in [1.54, 1.807) is 24.3 Å². The van der Waals surface area contributed by atoms with Gasteiger partial charge in [0, 0.05) is 12.1 Å². The van der Waals surface area contributed by atoms with Crippen LogP contribution < -0.4 is 5.43 Å². The summed E-state index contributed by atoms with van der Waals surface area (Å²) < 4.78 is 0. The molecule has 106 valence electrons. The van der Waals surface area contributed by atoms with Crippen molar-refractivity contribution in [2.45, 2.75) is 19.8 Å². The molecule has 6 nitrogen and oxygen atoms in total. The molecule has 0 saturated carbocycles. The van der Waals surface area contributed by atoms with Crippen LogP contribution in [0.2, 0.25) is 0 Å². The molecule has 0 unspecified atom stereocenters. The summed E-state index contributed by atoms with van der Waals surface area (Å²) >= 11 is 0. The Kier molecular flexibility index (Phi) is 4.34. The van der Waals surface area contributed by atoms with E-state index < -0.39 is 0 Å². The number of hydrogen-bond donors (Lipinski definition) is 2. The third-order valence-electron chi connectivity index (χ3n) is 3.10. The van der Waals surface area contributed by atoms with E-state index in [9.17, 15) is 9.59 Å². The second kappa shape index (κ2) is 6.18. The fourth-order valence-corrected chi connectivity index (χ4v) is 1.97. The summed E-state index contributed by atoms with van der Waals surface area (Å²) in [6.45, 7) is 2.66. The average molecular weight is 274 g/mol. The van der Waals surface area contributed by atoms with Crippen LogP contribution in [0.1, 0.15) is 30.1 Å². The summed E-state index contributed by atoms with van der Waals surface area (Å²) in [6, 6.07) is 8.35. The largest absolute Gasteiger partial charge is 0.344 e. The number of carbonyl (C=O) groups excluding carboxylic acids is 2. The standard InChI is InChI=1S/C14H18N4O2/c1-2-3-9-17-12(15)10-18(14(17)20)16-13(19)11-7-5-4-6-8-11/h4-8,15H,2-3,9-10H2,1H3,(H,16,19). The predicted octanol–water partition coefficient (Wildman–Crippen LogP) is 1.85. The van der Waals surface area contributed by atoms with Crippen molar-refractivity contribution in [3.05, 3.63) is 35.9 Å². The van der Waals surface area contributed by atoms with Crippen molar-refractivity contribution in [1.29, 1.82) is 5.41 Å². The molecule has 0 radical (unpaired) electrons. The van der Waals surface area contributed by atoms with Crippen molar-refractivity contribution in [2.24, 2.45) is 0 Å². The van der Waals surface area contributed by atoms with E-state index in [-0.39, 0.29) is 24.3 Å². The minimum atomic E-state index is -0.343. The monoisotopic (exact) mass is 274 g/mol. The SMILES string of the molecule is CCCCN1C(=N)CN(NC(=O)c2ccccc2)C1=O. The topological polar surface area (TPSA) is 76.5 Å². The van der Waals surface area contributed by atoms with Gasteiger partial charge >= 0.3 is 6.03 Å². The minimum absolute atomic E-state index is 0.112. The number of amides is 3. The first kappa shape index (κ1) is 14.0. The first-order valence-electron chi connectivity index (χ1n) is 6.66. The smallest absolute Gasteiger partial charge is 0.286 e. The molecule has 6 heteroatoms. The lowest BCUT2D eigenvalue weighted by Crippen LogP contribution is -2.45. The van der Waals surface area contributed by atoms with E-state index in [1.165, 1.54) is 9.91 Å². The molecular weight excluding hydrogens is 256 g/mol. The molecule has 1 saturated heterocycles. The molecule has 20 heavy (non-hydrogen) atoms. The molecule has 1 fully saturated rings. The fourth-order valence-electron chi connectivity index (χ4n) is 1.97. The second-order valence-electron chi connectivity index (χ2n) is 4.63. The predicted molar refractivity (Wildman–Crippen MR) is 75.4 cm³/mol. The van der Waals surface area contributed by atoms with E-state index in [2.05, 4.69) is 5.43 Å². The lowest BCUT2D eigenvalue weighted by atomic mass is 10.2. The van der Waals surface area contributed by atoms with E-state index in [0.717, 1.165) is 12.8 Å². The molecular formula is C14H18N4O2. The summed E-state index contributed by atoms with van der Waals surface area (Å²) in [5.41, 5.74) is 3.03. The molecule has 2 rings (SSSR count). The maximum atomic E-state index is 12.1. The van der Waals surface area contributed by atoms with Crippen LogP contribution in [0.4, 0.5) is 4.79 Å². The van der Waals surface area contributed by atoms with Gasteiger partial charge in [0.05, 0.1) is 0 Å². The summed E-state index contributed by atoms with van der Waals surface area (Å²) in [5.74, 6) is -0.124. The first-order valence-corrected chi connectivity index (χ1v) is 6.66. The minimum Gasteiger partial charge on any atom is -0.286 e. The van der Waals surface area contributed by atoms with Gasteiger partial charge in [-0.2, -0.15) is 0 Å². The zero-order valence-electron chi connectivity index (χ0n) is 11.4. The number of urea groups is 1. The van der Waals surface area contributed by atoms with Gasteiger partial charge in [0.2, 0.25) is 0 Å². The molecule has 1 aliphatic rings. The van der Waals surface area contributed by atoms with Crippen molar-refractivity contribution >= 4 is 17.8 Å². The normalized spacial score (nSPS) is 14.8. The van der Waals surface area contributed by atoms with Crippen LogP contribution in [0.15, 0.2) is 30.3 Å². The van der Waals surface area contributed by atoms with Crippen molar-refractivity contribution < 1.29 is 9.59 Å². The molecule has 1 heterocycles. The number of hydrogen-bond acceptors (Lipinski definition) is 3. The Morgan fingerprint density at radius 3 is 2.70 bits per heavy atom. The Hall–Kier alpha value is -2.37. The molecule has 0 aliphatic carbocycles. The molecule has 1 aliphatic heterocycles. The van der Waals surface area contributed by atoms with E-state index in [4.69, 9.17) is 5.41 Å². The number of unbranched alkanes of at least 4 members (excludes halogenated alkanes) is 1. The average Bonchev–Trinajstić information content (AvgIpc) is 2.72. The highest BCUT2D eigenvalue weighted by molar-refractivity contribution is 6.05. The molecule has 0 spiro atoms. The number of hydrazine groups is 1. The summed E-state index contributed by atoms with van der Waals surface area (Å²) in [7, 11) is 0. The van der Waals surface area contributed by atoms with Gasteiger partial charge in [-0.25, -0.2) is 9.80 Å². The van der Waals surface area contributed by atoms with Gasteiger partial charge in [0.25, 0.3) is 5.91 Å². The number of nitrogens with one attached hydrogen (secondary N) is 2. The molecule has 0 aromatic heterocycles. The third kappa shape index (κ3) is 2.96. The summed E-state index contributed by atoms with van der Waals surface area (Å²) in [5, 5.41) is 8.99. The number of rotatable bonds is 5. The lowest BCUT2D eigenvalue weighted by molar-refractivity contribution is 0.0846. The number of benzene rings is 1. The summed E-state index contributed by atoms with van der Waals surface area (Å²) in [6.07, 6.45) is 1.79. The van der Waals surface area contributed by atoms with Crippen LogP contribution in [0.3, 0.4) is 0 Å². The fraction of sp³-hybridized carbons (Fsp3) is 0.357. The van der Waals surface area contributed by atoms with Gasteiger partial charge in [-0.05, 0) is 18.6 Å². The highest BCUT2D eigenvalue weighted by atomic mass is 16.2. The number of carbonyl (C=O) groups is 2. The Morgan fingerprint density at radius 2 is 2.05 bits per heavy atom. The van der Waals surface area contributed by atoms with Crippen LogP contribution in [-0.4, -0.2) is 40.8 Å². The van der Waals surface area contributed by atoms with Crippen molar-refractivity contribution in [3.8, 4) is 0 Å². The molecule has 0 bridgehead atoms.